The standard InChI is InChI=1S/C9H17NO2/c11-7-1-4-10-5-2-9(8-12)3-6-10/h8-9,11H,1-7H2. The van der Waals surface area contributed by atoms with E-state index < -0.39 is 0 Å². The summed E-state index contributed by atoms with van der Waals surface area (Å²) in [4.78, 5) is 12.7. The molecule has 1 rings (SSSR count). The van der Waals surface area contributed by atoms with Gasteiger partial charge in [-0.2, -0.15) is 0 Å². The number of hydrogen-bond acceptors (Lipinski definition) is 3. The van der Waals surface area contributed by atoms with Crippen molar-refractivity contribution >= 4 is 6.29 Å². The van der Waals surface area contributed by atoms with Crippen molar-refractivity contribution < 1.29 is 9.90 Å². The van der Waals surface area contributed by atoms with Gasteiger partial charge in [0.15, 0.2) is 0 Å². The van der Waals surface area contributed by atoms with Crippen LogP contribution in [0, 0.1) is 5.92 Å². The van der Waals surface area contributed by atoms with Crippen LogP contribution >= 0.6 is 0 Å². The number of likely N-dealkylation sites (tertiary alicyclic amines) is 1. The number of aliphatic hydroxyl groups is 1. The van der Waals surface area contributed by atoms with Crippen molar-refractivity contribution in [3.05, 3.63) is 0 Å². The van der Waals surface area contributed by atoms with Gasteiger partial charge in [-0.3, -0.25) is 0 Å². The molecule has 1 fully saturated rings. The largest absolute Gasteiger partial charge is 0.396 e. The minimum Gasteiger partial charge on any atom is -0.396 e. The van der Waals surface area contributed by atoms with Crippen molar-refractivity contribution in [2.24, 2.45) is 5.92 Å². The molecule has 0 saturated carbocycles. The summed E-state index contributed by atoms with van der Waals surface area (Å²) in [7, 11) is 0. The second kappa shape index (κ2) is 5.27. The van der Waals surface area contributed by atoms with Crippen LogP contribution in [0.25, 0.3) is 0 Å². The van der Waals surface area contributed by atoms with Crippen molar-refractivity contribution in [2.45, 2.75) is 19.3 Å². The Kier molecular flexibility index (Phi) is 4.25. The molecular formula is C9H17NO2. The highest BCUT2D eigenvalue weighted by molar-refractivity contribution is 5.53. The highest BCUT2D eigenvalue weighted by Gasteiger charge is 2.17. The highest BCUT2D eigenvalue weighted by atomic mass is 16.3. The first-order valence-electron chi connectivity index (χ1n) is 4.65. The normalized spacial score (nSPS) is 21.1. The fourth-order valence-corrected chi connectivity index (χ4v) is 1.61. The van der Waals surface area contributed by atoms with Crippen LogP contribution in [0.4, 0.5) is 0 Å². The SMILES string of the molecule is O=CC1CCN(CCCO)CC1. The van der Waals surface area contributed by atoms with Gasteiger partial charge >= 0.3 is 0 Å². The van der Waals surface area contributed by atoms with Gasteiger partial charge in [0.2, 0.25) is 0 Å². The van der Waals surface area contributed by atoms with E-state index in [4.69, 9.17) is 5.11 Å². The zero-order valence-electron chi connectivity index (χ0n) is 7.41. The van der Waals surface area contributed by atoms with Gasteiger partial charge in [0.05, 0.1) is 0 Å². The third-order valence-corrected chi connectivity index (χ3v) is 2.46. The third kappa shape index (κ3) is 2.91. The summed E-state index contributed by atoms with van der Waals surface area (Å²) in [5, 5.41) is 8.61. The summed E-state index contributed by atoms with van der Waals surface area (Å²) < 4.78 is 0. The van der Waals surface area contributed by atoms with Crippen LogP contribution in [0.1, 0.15) is 19.3 Å². The summed E-state index contributed by atoms with van der Waals surface area (Å²) in [5.74, 6) is 0.287. The maximum atomic E-state index is 10.4. The second-order valence-electron chi connectivity index (χ2n) is 3.39. The van der Waals surface area contributed by atoms with Gasteiger partial charge in [-0.15, -0.1) is 0 Å². The lowest BCUT2D eigenvalue weighted by Gasteiger charge is -2.29. The van der Waals surface area contributed by atoms with Crippen LogP contribution in [-0.4, -0.2) is 42.5 Å². The predicted molar refractivity (Wildman–Crippen MR) is 46.9 cm³/mol. The molecule has 0 amide bonds. The van der Waals surface area contributed by atoms with Crippen molar-refractivity contribution in [1.82, 2.24) is 4.90 Å². The zero-order chi connectivity index (χ0) is 8.81. The van der Waals surface area contributed by atoms with E-state index >= 15 is 0 Å². The van der Waals surface area contributed by atoms with Gasteiger partial charge in [0, 0.05) is 19.1 Å². The van der Waals surface area contributed by atoms with Crippen LogP contribution in [0.15, 0.2) is 0 Å². The number of piperidine rings is 1. The molecule has 0 unspecified atom stereocenters. The fourth-order valence-electron chi connectivity index (χ4n) is 1.61. The molecule has 12 heavy (non-hydrogen) atoms. The number of rotatable bonds is 4. The van der Waals surface area contributed by atoms with Crippen LogP contribution in [0.3, 0.4) is 0 Å². The Balaban J connectivity index is 2.12. The summed E-state index contributed by atoms with van der Waals surface area (Å²) in [5.41, 5.74) is 0. The minimum atomic E-state index is 0.271. The molecule has 0 spiro atoms. The first-order chi connectivity index (χ1) is 5.86. The lowest BCUT2D eigenvalue weighted by atomic mass is 9.98. The van der Waals surface area contributed by atoms with Crippen LogP contribution in [-0.2, 0) is 4.79 Å². The Morgan fingerprint density at radius 1 is 1.42 bits per heavy atom. The maximum absolute atomic E-state index is 10.4. The zero-order valence-corrected chi connectivity index (χ0v) is 7.41. The molecule has 3 nitrogen and oxygen atoms in total. The molecule has 1 heterocycles. The fraction of sp³-hybridized carbons (Fsp3) is 0.889. The third-order valence-electron chi connectivity index (χ3n) is 2.46. The second-order valence-corrected chi connectivity index (χ2v) is 3.39. The van der Waals surface area contributed by atoms with Gasteiger partial charge in [-0.05, 0) is 32.4 Å². The number of carbonyl (C=O) groups excluding carboxylic acids is 1. The van der Waals surface area contributed by atoms with Crippen LogP contribution < -0.4 is 0 Å². The smallest absolute Gasteiger partial charge is 0.123 e. The molecule has 0 bridgehead atoms. The van der Waals surface area contributed by atoms with E-state index in [1.54, 1.807) is 0 Å². The summed E-state index contributed by atoms with van der Waals surface area (Å²) in [6.45, 7) is 3.28. The van der Waals surface area contributed by atoms with Crippen LogP contribution in [0.2, 0.25) is 0 Å². The Morgan fingerprint density at radius 3 is 2.58 bits per heavy atom. The molecular weight excluding hydrogens is 154 g/mol. The highest BCUT2D eigenvalue weighted by Crippen LogP contribution is 2.14. The average Bonchev–Trinajstić information content (AvgIpc) is 2.15. The van der Waals surface area contributed by atoms with Gasteiger partial charge in [-0.25, -0.2) is 0 Å². The Morgan fingerprint density at radius 2 is 2.08 bits per heavy atom. The molecule has 0 atom stereocenters. The molecule has 1 aliphatic heterocycles. The average molecular weight is 171 g/mol. The number of aldehydes is 1. The van der Waals surface area contributed by atoms with Crippen molar-refractivity contribution in [1.29, 1.82) is 0 Å². The molecule has 3 heteroatoms. The van der Waals surface area contributed by atoms with Gasteiger partial charge in [-0.1, -0.05) is 0 Å². The Bertz CT molecular complexity index is 130. The van der Waals surface area contributed by atoms with E-state index in [0.717, 1.165) is 45.2 Å². The molecule has 0 aromatic carbocycles. The quantitative estimate of drug-likeness (QED) is 0.618. The summed E-state index contributed by atoms with van der Waals surface area (Å²) in [6.07, 6.45) is 3.92. The lowest BCUT2D eigenvalue weighted by Crippen LogP contribution is -2.35. The Hall–Kier alpha value is -0.410. The predicted octanol–water partition coefficient (Wildman–Crippen LogP) is 0.280. The topological polar surface area (TPSA) is 40.5 Å². The summed E-state index contributed by atoms with van der Waals surface area (Å²) >= 11 is 0. The maximum Gasteiger partial charge on any atom is 0.123 e. The van der Waals surface area contributed by atoms with Crippen molar-refractivity contribution in [2.75, 3.05) is 26.2 Å². The number of nitrogens with zero attached hydrogens (tertiary/aromatic N) is 1. The summed E-state index contributed by atoms with van der Waals surface area (Å²) in [6, 6.07) is 0. The monoisotopic (exact) mass is 171 g/mol. The minimum absolute atomic E-state index is 0.271. The lowest BCUT2D eigenvalue weighted by molar-refractivity contribution is -0.112. The van der Waals surface area contributed by atoms with Crippen molar-refractivity contribution in [3.8, 4) is 0 Å². The molecule has 70 valence electrons. The molecule has 1 aliphatic rings. The van der Waals surface area contributed by atoms with Gasteiger partial charge in [0.25, 0.3) is 0 Å². The Labute approximate surface area is 73.4 Å². The van der Waals surface area contributed by atoms with E-state index in [1.165, 1.54) is 0 Å². The molecule has 0 aromatic rings. The van der Waals surface area contributed by atoms with E-state index in [1.807, 2.05) is 0 Å². The molecule has 1 N–H and O–H groups in total. The first-order valence-corrected chi connectivity index (χ1v) is 4.65. The van der Waals surface area contributed by atoms with E-state index in [-0.39, 0.29) is 12.5 Å². The molecule has 0 aromatic heterocycles. The van der Waals surface area contributed by atoms with Gasteiger partial charge < -0.3 is 14.8 Å². The number of carbonyl (C=O) groups is 1. The van der Waals surface area contributed by atoms with Crippen molar-refractivity contribution in [3.63, 3.8) is 0 Å². The first kappa shape index (κ1) is 9.68. The van der Waals surface area contributed by atoms with E-state index in [9.17, 15) is 4.79 Å². The van der Waals surface area contributed by atoms with E-state index in [2.05, 4.69) is 4.90 Å². The van der Waals surface area contributed by atoms with E-state index in [0.29, 0.717) is 0 Å². The van der Waals surface area contributed by atoms with Gasteiger partial charge in [0.1, 0.15) is 6.29 Å². The number of hydrogen-bond donors (Lipinski definition) is 1. The molecule has 0 radical (unpaired) electrons. The molecule has 1 saturated heterocycles. The van der Waals surface area contributed by atoms with Crippen LogP contribution in [0.5, 0.6) is 0 Å². The number of aliphatic hydroxyl groups excluding tert-OH is 1. The molecule has 0 aliphatic carbocycles.